The summed E-state index contributed by atoms with van der Waals surface area (Å²) in [7, 11) is 3.23. The molecule has 1 aromatic heterocycles. The van der Waals surface area contributed by atoms with Crippen molar-refractivity contribution in [3.63, 3.8) is 0 Å². The number of carbonyl (C=O) groups excluding carboxylic acids is 1. The van der Waals surface area contributed by atoms with Gasteiger partial charge in [0.2, 0.25) is 0 Å². The number of benzene rings is 2. The summed E-state index contributed by atoms with van der Waals surface area (Å²) in [5.74, 6) is 1.25. The first kappa shape index (κ1) is 18.1. The first-order valence-electron chi connectivity index (χ1n) is 9.27. The molecule has 0 aliphatic carbocycles. The quantitative estimate of drug-likeness (QED) is 0.754. The van der Waals surface area contributed by atoms with E-state index in [2.05, 4.69) is 4.98 Å². The minimum atomic E-state index is -0.254. The zero-order chi connectivity index (χ0) is 19.7. The SMILES string of the molecule is COc1ccc(OC)c(C2CCCN2C(=O)c2cc3ccccc3c(=O)[nH]2)c1. The van der Waals surface area contributed by atoms with Crippen molar-refractivity contribution in [3.8, 4) is 11.5 Å². The molecular weight excluding hydrogens is 356 g/mol. The highest BCUT2D eigenvalue weighted by molar-refractivity contribution is 5.96. The Morgan fingerprint density at radius 1 is 1.11 bits per heavy atom. The summed E-state index contributed by atoms with van der Waals surface area (Å²) in [6, 6.07) is 14.5. The summed E-state index contributed by atoms with van der Waals surface area (Å²) in [6.07, 6.45) is 1.71. The van der Waals surface area contributed by atoms with Crippen LogP contribution in [0.3, 0.4) is 0 Å². The van der Waals surface area contributed by atoms with Gasteiger partial charge in [-0.2, -0.15) is 0 Å². The van der Waals surface area contributed by atoms with Gasteiger partial charge in [-0.1, -0.05) is 18.2 Å². The summed E-state index contributed by atoms with van der Waals surface area (Å²) in [5, 5.41) is 1.33. The van der Waals surface area contributed by atoms with Gasteiger partial charge in [-0.25, -0.2) is 0 Å². The van der Waals surface area contributed by atoms with Gasteiger partial charge >= 0.3 is 0 Å². The van der Waals surface area contributed by atoms with E-state index in [1.807, 2.05) is 36.4 Å². The molecule has 0 radical (unpaired) electrons. The van der Waals surface area contributed by atoms with Crippen LogP contribution in [0.4, 0.5) is 0 Å². The van der Waals surface area contributed by atoms with Gasteiger partial charge < -0.3 is 19.4 Å². The van der Waals surface area contributed by atoms with Crippen LogP contribution in [0.15, 0.2) is 53.3 Å². The fraction of sp³-hybridized carbons (Fsp3) is 0.273. The van der Waals surface area contributed by atoms with Crippen molar-refractivity contribution in [1.82, 2.24) is 9.88 Å². The van der Waals surface area contributed by atoms with Gasteiger partial charge in [0.1, 0.15) is 17.2 Å². The number of hydrogen-bond donors (Lipinski definition) is 1. The van der Waals surface area contributed by atoms with Gasteiger partial charge in [-0.15, -0.1) is 0 Å². The third-order valence-electron chi connectivity index (χ3n) is 5.29. The number of ether oxygens (including phenoxy) is 2. The lowest BCUT2D eigenvalue weighted by Gasteiger charge is -2.26. The van der Waals surface area contributed by atoms with Crippen molar-refractivity contribution in [2.45, 2.75) is 18.9 Å². The molecule has 1 atom stereocenters. The lowest BCUT2D eigenvalue weighted by molar-refractivity contribution is 0.0728. The van der Waals surface area contributed by atoms with Gasteiger partial charge in [-0.05, 0) is 48.6 Å². The van der Waals surface area contributed by atoms with Crippen LogP contribution in [0.2, 0.25) is 0 Å². The molecule has 1 amide bonds. The van der Waals surface area contributed by atoms with Gasteiger partial charge in [-0.3, -0.25) is 9.59 Å². The molecule has 0 bridgehead atoms. The molecule has 28 heavy (non-hydrogen) atoms. The molecule has 1 aliphatic rings. The predicted octanol–water partition coefficient (Wildman–Crippen LogP) is 3.52. The average molecular weight is 378 g/mol. The zero-order valence-corrected chi connectivity index (χ0v) is 15.9. The lowest BCUT2D eigenvalue weighted by atomic mass is 10.0. The number of fused-ring (bicyclic) bond motifs is 1. The van der Waals surface area contributed by atoms with E-state index >= 15 is 0 Å². The summed E-state index contributed by atoms with van der Waals surface area (Å²) < 4.78 is 10.9. The molecule has 144 valence electrons. The highest BCUT2D eigenvalue weighted by Crippen LogP contribution is 2.39. The number of aromatic nitrogens is 1. The maximum absolute atomic E-state index is 13.3. The summed E-state index contributed by atoms with van der Waals surface area (Å²) in [4.78, 5) is 30.2. The van der Waals surface area contributed by atoms with Crippen molar-refractivity contribution in [2.75, 3.05) is 20.8 Å². The number of nitrogens with one attached hydrogen (secondary N) is 1. The van der Waals surface area contributed by atoms with Gasteiger partial charge in [0.25, 0.3) is 11.5 Å². The second-order valence-electron chi connectivity index (χ2n) is 6.86. The molecule has 1 fully saturated rings. The molecule has 1 N–H and O–H groups in total. The smallest absolute Gasteiger partial charge is 0.270 e. The Balaban J connectivity index is 1.73. The van der Waals surface area contributed by atoms with E-state index in [9.17, 15) is 9.59 Å². The van der Waals surface area contributed by atoms with Crippen LogP contribution in [0.25, 0.3) is 10.8 Å². The molecular formula is C22H22N2O4. The zero-order valence-electron chi connectivity index (χ0n) is 15.9. The fourth-order valence-corrected chi connectivity index (χ4v) is 3.91. The first-order chi connectivity index (χ1) is 13.6. The van der Waals surface area contributed by atoms with Gasteiger partial charge in [0.05, 0.1) is 20.3 Å². The van der Waals surface area contributed by atoms with Crippen LogP contribution in [0.1, 0.15) is 34.9 Å². The maximum Gasteiger partial charge on any atom is 0.270 e. The van der Waals surface area contributed by atoms with Crippen LogP contribution < -0.4 is 15.0 Å². The van der Waals surface area contributed by atoms with Crippen molar-refractivity contribution < 1.29 is 14.3 Å². The summed E-state index contributed by atoms with van der Waals surface area (Å²) >= 11 is 0. The van der Waals surface area contributed by atoms with Crippen LogP contribution in [0, 0.1) is 0 Å². The third kappa shape index (κ3) is 3.11. The number of aromatic amines is 1. The predicted molar refractivity (Wildman–Crippen MR) is 107 cm³/mol. The van der Waals surface area contributed by atoms with Crippen molar-refractivity contribution in [3.05, 3.63) is 70.1 Å². The number of rotatable bonds is 4. The van der Waals surface area contributed by atoms with E-state index < -0.39 is 0 Å². The Morgan fingerprint density at radius 3 is 2.71 bits per heavy atom. The van der Waals surface area contributed by atoms with E-state index in [-0.39, 0.29) is 17.5 Å². The average Bonchev–Trinajstić information content (AvgIpc) is 3.22. The largest absolute Gasteiger partial charge is 0.497 e. The number of hydrogen-bond acceptors (Lipinski definition) is 4. The minimum Gasteiger partial charge on any atom is -0.497 e. The normalized spacial score (nSPS) is 16.4. The molecule has 1 saturated heterocycles. The van der Waals surface area contributed by atoms with Crippen LogP contribution in [-0.2, 0) is 0 Å². The lowest BCUT2D eigenvalue weighted by Crippen LogP contribution is -2.32. The van der Waals surface area contributed by atoms with Crippen molar-refractivity contribution in [2.24, 2.45) is 0 Å². The van der Waals surface area contributed by atoms with E-state index in [0.29, 0.717) is 23.4 Å². The van der Waals surface area contributed by atoms with Crippen LogP contribution in [-0.4, -0.2) is 36.6 Å². The number of amides is 1. The van der Waals surface area contributed by atoms with Crippen LogP contribution in [0.5, 0.6) is 11.5 Å². The van der Waals surface area contributed by atoms with Crippen LogP contribution >= 0.6 is 0 Å². The number of methoxy groups -OCH3 is 2. The summed E-state index contributed by atoms with van der Waals surface area (Å²) in [6.45, 7) is 0.624. The number of H-pyrrole nitrogens is 1. The topological polar surface area (TPSA) is 71.6 Å². The molecule has 6 nitrogen and oxygen atoms in total. The monoisotopic (exact) mass is 378 g/mol. The molecule has 6 heteroatoms. The number of nitrogens with zero attached hydrogens (tertiary/aromatic N) is 1. The highest BCUT2D eigenvalue weighted by Gasteiger charge is 2.33. The van der Waals surface area contributed by atoms with E-state index in [1.54, 1.807) is 31.3 Å². The maximum atomic E-state index is 13.3. The van der Waals surface area contributed by atoms with E-state index in [1.165, 1.54) is 0 Å². The molecule has 3 aromatic rings. The molecule has 2 aromatic carbocycles. The highest BCUT2D eigenvalue weighted by atomic mass is 16.5. The Hall–Kier alpha value is -3.28. The van der Waals surface area contributed by atoms with Gasteiger partial charge in [0, 0.05) is 17.5 Å². The van der Waals surface area contributed by atoms with E-state index in [0.717, 1.165) is 29.5 Å². The van der Waals surface area contributed by atoms with Crippen molar-refractivity contribution in [1.29, 1.82) is 0 Å². The Kier molecular flexibility index (Phi) is 4.77. The Labute approximate surface area is 162 Å². The van der Waals surface area contributed by atoms with Gasteiger partial charge in [0.15, 0.2) is 0 Å². The molecule has 0 saturated carbocycles. The molecule has 2 heterocycles. The molecule has 1 unspecified atom stereocenters. The molecule has 4 rings (SSSR count). The van der Waals surface area contributed by atoms with E-state index in [4.69, 9.17) is 9.47 Å². The Morgan fingerprint density at radius 2 is 1.93 bits per heavy atom. The minimum absolute atomic E-state index is 0.132. The second kappa shape index (κ2) is 7.38. The number of likely N-dealkylation sites (tertiary alicyclic amines) is 1. The molecule has 1 aliphatic heterocycles. The first-order valence-corrected chi connectivity index (χ1v) is 9.27. The van der Waals surface area contributed by atoms with Crippen molar-refractivity contribution >= 4 is 16.7 Å². The number of carbonyl (C=O) groups is 1. The standard InChI is InChI=1S/C22H22N2O4/c1-27-15-9-10-20(28-2)17(13-15)19-8-5-11-24(19)22(26)18-12-14-6-3-4-7-16(14)21(25)23-18/h3-4,6-7,9-10,12-13,19H,5,8,11H2,1-2H3,(H,23,25). The summed E-state index contributed by atoms with van der Waals surface area (Å²) in [5.41, 5.74) is 0.962. The Bertz CT molecular complexity index is 1090. The fourth-order valence-electron chi connectivity index (χ4n) is 3.91. The molecule has 0 spiro atoms. The third-order valence-corrected chi connectivity index (χ3v) is 5.29. The second-order valence-corrected chi connectivity index (χ2v) is 6.86. The number of pyridine rings is 1.